The minimum Gasteiger partial charge on any atom is -0.344 e. The Morgan fingerprint density at radius 3 is 2.53 bits per heavy atom. The maximum absolute atomic E-state index is 12.8. The van der Waals surface area contributed by atoms with E-state index >= 15 is 0 Å². The lowest BCUT2D eigenvalue weighted by molar-refractivity contribution is 0.293. The van der Waals surface area contributed by atoms with Crippen LogP contribution in [0.3, 0.4) is 0 Å². The summed E-state index contributed by atoms with van der Waals surface area (Å²) >= 11 is 0. The van der Waals surface area contributed by atoms with Gasteiger partial charge in [0.25, 0.3) is 0 Å². The lowest BCUT2D eigenvalue weighted by Gasteiger charge is -2.13. The molecule has 0 aliphatic carbocycles. The lowest BCUT2D eigenvalue weighted by atomic mass is 10.00. The molecule has 1 saturated heterocycles. The van der Waals surface area contributed by atoms with Gasteiger partial charge in [0.15, 0.2) is 4.93 Å². The topological polar surface area (TPSA) is 29.6 Å². The maximum atomic E-state index is 12.8. The van der Waals surface area contributed by atoms with Crippen LogP contribution >= 0.6 is 0 Å². The summed E-state index contributed by atoms with van der Waals surface area (Å²) in [6.07, 6.45) is 4.84. The normalized spacial score (nSPS) is 30.9. The molecule has 3 atom stereocenters. The minimum atomic E-state index is -1.20. The second-order valence-electron chi connectivity index (χ2n) is 5.39. The zero-order valence-corrected chi connectivity index (χ0v) is 12.8. The van der Waals surface area contributed by atoms with Crippen LogP contribution in [0.1, 0.15) is 38.7 Å². The Labute approximate surface area is 118 Å². The highest BCUT2D eigenvalue weighted by atomic mass is 32.2. The van der Waals surface area contributed by atoms with E-state index in [4.69, 9.17) is 4.74 Å². The average Bonchev–Trinajstić information content (AvgIpc) is 3.04. The molecular weight excluding hydrogens is 256 g/mol. The highest BCUT2D eigenvalue weighted by Crippen LogP contribution is 2.55. The van der Waals surface area contributed by atoms with E-state index in [1.165, 1.54) is 5.56 Å². The van der Waals surface area contributed by atoms with Crippen LogP contribution in [0, 0.1) is 6.92 Å². The van der Waals surface area contributed by atoms with Crippen molar-refractivity contribution in [2.45, 2.75) is 55.5 Å². The smallest absolute Gasteiger partial charge is 0.194 e. The molecule has 19 heavy (non-hydrogen) atoms. The van der Waals surface area contributed by atoms with E-state index in [1.807, 2.05) is 38.1 Å². The SMILES string of the molecule is C=C[C@@]1([S@@](=O)c2ccc(C)cc2)O[C@]1(C)CCCC. The van der Waals surface area contributed by atoms with Gasteiger partial charge in [-0.05, 0) is 38.5 Å². The zero-order chi connectivity index (χ0) is 14.1. The van der Waals surface area contributed by atoms with E-state index in [0.717, 1.165) is 24.2 Å². The van der Waals surface area contributed by atoms with Crippen LogP contribution < -0.4 is 0 Å². The van der Waals surface area contributed by atoms with Crippen molar-refractivity contribution >= 4 is 10.8 Å². The van der Waals surface area contributed by atoms with Gasteiger partial charge in [0.1, 0.15) is 5.60 Å². The number of rotatable bonds is 6. The Bertz CT molecular complexity index is 494. The molecule has 0 saturated carbocycles. The third-order valence-corrected chi connectivity index (χ3v) is 5.79. The third kappa shape index (κ3) is 2.41. The number of hydrogen-bond donors (Lipinski definition) is 0. The Morgan fingerprint density at radius 2 is 2.00 bits per heavy atom. The molecule has 0 unspecified atom stereocenters. The van der Waals surface area contributed by atoms with Gasteiger partial charge in [0, 0.05) is 4.90 Å². The minimum absolute atomic E-state index is 0.333. The van der Waals surface area contributed by atoms with Crippen molar-refractivity contribution in [3.8, 4) is 0 Å². The van der Waals surface area contributed by atoms with E-state index in [1.54, 1.807) is 6.08 Å². The summed E-state index contributed by atoms with van der Waals surface area (Å²) in [5, 5.41) is 0. The van der Waals surface area contributed by atoms with Gasteiger partial charge in [-0.2, -0.15) is 0 Å². The molecule has 0 radical (unpaired) electrons. The first kappa shape index (κ1) is 14.5. The van der Waals surface area contributed by atoms with Gasteiger partial charge in [-0.3, -0.25) is 4.21 Å². The molecule has 1 aromatic rings. The molecule has 2 nitrogen and oxygen atoms in total. The van der Waals surface area contributed by atoms with Crippen molar-refractivity contribution in [3.05, 3.63) is 42.5 Å². The lowest BCUT2D eigenvalue weighted by Crippen LogP contribution is -2.26. The number of hydrogen-bond acceptors (Lipinski definition) is 2. The molecule has 0 amide bonds. The molecule has 0 bridgehead atoms. The summed E-state index contributed by atoms with van der Waals surface area (Å²) in [6, 6.07) is 7.79. The van der Waals surface area contributed by atoms with Gasteiger partial charge in [-0.1, -0.05) is 44.0 Å². The van der Waals surface area contributed by atoms with Gasteiger partial charge in [0.2, 0.25) is 0 Å². The first-order valence-electron chi connectivity index (χ1n) is 6.81. The number of benzene rings is 1. The second kappa shape index (κ2) is 5.22. The summed E-state index contributed by atoms with van der Waals surface area (Å²) in [5.41, 5.74) is 0.833. The van der Waals surface area contributed by atoms with Gasteiger partial charge >= 0.3 is 0 Å². The fourth-order valence-corrected chi connectivity index (χ4v) is 4.09. The molecule has 1 aliphatic rings. The predicted molar refractivity (Wildman–Crippen MR) is 79.5 cm³/mol. The fourth-order valence-electron chi connectivity index (χ4n) is 2.45. The monoisotopic (exact) mass is 278 g/mol. The molecule has 1 fully saturated rings. The largest absolute Gasteiger partial charge is 0.344 e. The third-order valence-electron chi connectivity index (χ3n) is 3.86. The Balaban J connectivity index is 2.22. The molecule has 1 aliphatic heterocycles. The van der Waals surface area contributed by atoms with E-state index in [2.05, 4.69) is 13.5 Å². The number of aryl methyl sites for hydroxylation is 1. The Kier molecular flexibility index (Phi) is 3.98. The van der Waals surface area contributed by atoms with Crippen LogP contribution in [0.25, 0.3) is 0 Å². The molecule has 1 aromatic carbocycles. The number of epoxide rings is 1. The highest BCUT2D eigenvalue weighted by Gasteiger charge is 2.68. The van der Waals surface area contributed by atoms with E-state index in [-0.39, 0.29) is 5.60 Å². The van der Waals surface area contributed by atoms with Crippen LogP contribution in [-0.2, 0) is 15.5 Å². The van der Waals surface area contributed by atoms with Crippen LogP contribution in [0.15, 0.2) is 41.8 Å². The van der Waals surface area contributed by atoms with Crippen LogP contribution in [0.2, 0.25) is 0 Å². The molecule has 104 valence electrons. The van der Waals surface area contributed by atoms with Crippen molar-refractivity contribution in [2.24, 2.45) is 0 Å². The van der Waals surface area contributed by atoms with E-state index < -0.39 is 15.7 Å². The van der Waals surface area contributed by atoms with Crippen LogP contribution in [0.4, 0.5) is 0 Å². The second-order valence-corrected chi connectivity index (χ2v) is 7.01. The Hall–Kier alpha value is -0.930. The molecule has 0 N–H and O–H groups in total. The molecule has 3 heteroatoms. The molecule has 0 spiro atoms. The molecule has 2 rings (SSSR count). The standard InChI is InChI=1S/C16H22O2S/c1-5-7-12-15(4)16(6-2,18-15)19(17)14-10-8-13(3)9-11-14/h6,8-11H,2,5,7,12H2,1,3-4H3/t15-,16+,19+/m1/s1. The summed E-state index contributed by atoms with van der Waals surface area (Å²) in [6.45, 7) is 10.1. The molecular formula is C16H22O2S. The number of ether oxygens (including phenoxy) is 1. The zero-order valence-electron chi connectivity index (χ0n) is 11.9. The quantitative estimate of drug-likeness (QED) is 0.582. The van der Waals surface area contributed by atoms with Gasteiger partial charge in [-0.25, -0.2) is 0 Å². The first-order chi connectivity index (χ1) is 8.99. The molecule has 1 heterocycles. The van der Waals surface area contributed by atoms with Crippen LogP contribution in [0.5, 0.6) is 0 Å². The predicted octanol–water partition coefficient (Wildman–Crippen LogP) is 3.96. The van der Waals surface area contributed by atoms with Gasteiger partial charge in [-0.15, -0.1) is 0 Å². The van der Waals surface area contributed by atoms with E-state index in [9.17, 15) is 4.21 Å². The number of unbranched alkanes of at least 4 members (excludes halogenated alkanes) is 1. The van der Waals surface area contributed by atoms with Crippen LogP contribution in [-0.4, -0.2) is 14.7 Å². The summed E-state index contributed by atoms with van der Waals surface area (Å²) in [7, 11) is -1.20. The van der Waals surface area contributed by atoms with Crippen molar-refractivity contribution in [3.63, 3.8) is 0 Å². The van der Waals surface area contributed by atoms with Crippen molar-refractivity contribution in [1.29, 1.82) is 0 Å². The summed E-state index contributed by atoms with van der Waals surface area (Å²) < 4.78 is 18.6. The average molecular weight is 278 g/mol. The van der Waals surface area contributed by atoms with Gasteiger partial charge in [0.05, 0.1) is 10.8 Å². The van der Waals surface area contributed by atoms with Gasteiger partial charge < -0.3 is 4.74 Å². The summed E-state index contributed by atoms with van der Waals surface area (Å²) in [5.74, 6) is 0. The van der Waals surface area contributed by atoms with Crippen molar-refractivity contribution in [2.75, 3.05) is 0 Å². The van der Waals surface area contributed by atoms with Crippen molar-refractivity contribution < 1.29 is 8.95 Å². The molecule has 0 aromatic heterocycles. The fraction of sp³-hybridized carbons (Fsp3) is 0.500. The van der Waals surface area contributed by atoms with Crippen molar-refractivity contribution in [1.82, 2.24) is 0 Å². The first-order valence-corrected chi connectivity index (χ1v) is 7.96. The highest BCUT2D eigenvalue weighted by molar-refractivity contribution is 7.87. The van der Waals surface area contributed by atoms with E-state index in [0.29, 0.717) is 0 Å². The maximum Gasteiger partial charge on any atom is 0.194 e. The summed E-state index contributed by atoms with van der Waals surface area (Å²) in [4.78, 5) is 0.1000. The Morgan fingerprint density at radius 1 is 1.37 bits per heavy atom.